The van der Waals surface area contributed by atoms with E-state index in [-0.39, 0.29) is 21.3 Å². The predicted octanol–water partition coefficient (Wildman–Crippen LogP) is 4.53. The Hall–Kier alpha value is -2.34. The van der Waals surface area contributed by atoms with Gasteiger partial charge in [0.2, 0.25) is 0 Å². The Morgan fingerprint density at radius 2 is 1.48 bits per heavy atom. The third kappa shape index (κ3) is 3.72. The van der Waals surface area contributed by atoms with Crippen molar-refractivity contribution in [2.75, 3.05) is 4.72 Å². The van der Waals surface area contributed by atoms with E-state index in [9.17, 15) is 13.2 Å². The molecule has 1 aliphatic rings. The fourth-order valence-corrected chi connectivity index (χ4v) is 4.71. The van der Waals surface area contributed by atoms with Crippen LogP contribution in [0.3, 0.4) is 0 Å². The molecule has 6 heteroatoms. The summed E-state index contributed by atoms with van der Waals surface area (Å²) < 4.78 is 28.2. The lowest BCUT2D eigenvalue weighted by Crippen LogP contribution is -2.34. The van der Waals surface area contributed by atoms with E-state index in [2.05, 4.69) is 32.4 Å². The first-order valence-corrected chi connectivity index (χ1v) is 10.4. The van der Waals surface area contributed by atoms with Crippen LogP contribution in [0.15, 0.2) is 47.4 Å². The summed E-state index contributed by atoms with van der Waals surface area (Å²) in [5.41, 5.74) is 2.65. The molecule has 2 aromatic carbocycles. The molecule has 27 heavy (non-hydrogen) atoms. The van der Waals surface area contributed by atoms with Crippen molar-refractivity contribution in [3.05, 3.63) is 59.2 Å². The van der Waals surface area contributed by atoms with Crippen LogP contribution in [0.1, 0.15) is 62.0 Å². The second kappa shape index (κ2) is 6.37. The molecule has 0 radical (unpaired) electrons. The lowest BCUT2D eigenvalue weighted by molar-refractivity contribution is 0.0697. The number of nitrogens with one attached hydrogen (secondary N) is 1. The number of hydrogen-bond donors (Lipinski definition) is 2. The Kier molecular flexibility index (Phi) is 4.58. The number of carbonyl (C=O) groups is 1. The maximum atomic E-state index is 12.9. The van der Waals surface area contributed by atoms with Gasteiger partial charge >= 0.3 is 5.97 Å². The Morgan fingerprint density at radius 1 is 0.926 bits per heavy atom. The van der Waals surface area contributed by atoms with Crippen LogP contribution >= 0.6 is 0 Å². The summed E-state index contributed by atoms with van der Waals surface area (Å²) in [5, 5.41) is 8.95. The SMILES string of the molecule is CC1(C)CCC(C)(C)c2cc(S(=O)(=O)Nc3ccc(C(=O)O)cc3)ccc21. The molecular formula is C21H25NO4S. The molecule has 0 saturated carbocycles. The Labute approximate surface area is 160 Å². The molecule has 0 unspecified atom stereocenters. The molecule has 0 fully saturated rings. The van der Waals surface area contributed by atoms with Gasteiger partial charge in [-0.15, -0.1) is 0 Å². The molecule has 0 bridgehead atoms. The molecule has 0 aromatic heterocycles. The minimum Gasteiger partial charge on any atom is -0.478 e. The summed E-state index contributed by atoms with van der Waals surface area (Å²) in [7, 11) is -3.76. The van der Waals surface area contributed by atoms with Gasteiger partial charge in [0, 0.05) is 5.69 Å². The second-order valence-electron chi connectivity index (χ2n) is 8.46. The molecule has 5 nitrogen and oxygen atoms in total. The van der Waals surface area contributed by atoms with Gasteiger partial charge in [0.15, 0.2) is 0 Å². The Balaban J connectivity index is 1.97. The van der Waals surface area contributed by atoms with Crippen LogP contribution in [0.5, 0.6) is 0 Å². The molecule has 1 aliphatic carbocycles. The molecule has 0 saturated heterocycles. The highest BCUT2D eigenvalue weighted by Gasteiger charge is 2.37. The Morgan fingerprint density at radius 3 is 2.04 bits per heavy atom. The van der Waals surface area contributed by atoms with E-state index >= 15 is 0 Å². The van der Waals surface area contributed by atoms with Gasteiger partial charge in [-0.05, 0) is 71.2 Å². The standard InChI is InChI=1S/C21H25NO4S/c1-20(2)11-12-21(3,4)18-13-16(9-10-17(18)20)27(25,26)22-15-7-5-14(6-8-15)19(23)24/h5-10,13,22H,11-12H2,1-4H3,(H,23,24). The van der Waals surface area contributed by atoms with Crippen LogP contribution in [-0.4, -0.2) is 19.5 Å². The first-order valence-electron chi connectivity index (χ1n) is 8.94. The zero-order chi connectivity index (χ0) is 20.0. The van der Waals surface area contributed by atoms with Crippen LogP contribution in [-0.2, 0) is 20.9 Å². The first-order chi connectivity index (χ1) is 12.4. The largest absolute Gasteiger partial charge is 0.478 e. The van der Waals surface area contributed by atoms with Gasteiger partial charge in [-0.2, -0.15) is 0 Å². The smallest absolute Gasteiger partial charge is 0.335 e. The van der Waals surface area contributed by atoms with Crippen molar-refractivity contribution in [2.45, 2.75) is 56.3 Å². The number of anilines is 1. The van der Waals surface area contributed by atoms with Crippen molar-refractivity contribution in [3.63, 3.8) is 0 Å². The molecule has 2 aromatic rings. The molecular weight excluding hydrogens is 362 g/mol. The summed E-state index contributed by atoms with van der Waals surface area (Å²) in [6, 6.07) is 11.0. The zero-order valence-corrected chi connectivity index (χ0v) is 16.9. The number of aromatic carboxylic acids is 1. The van der Waals surface area contributed by atoms with Gasteiger partial charge in [-0.1, -0.05) is 33.8 Å². The highest BCUT2D eigenvalue weighted by atomic mass is 32.2. The third-order valence-corrected chi connectivity index (χ3v) is 6.90. The molecule has 144 valence electrons. The van der Waals surface area contributed by atoms with Crippen LogP contribution in [0.2, 0.25) is 0 Å². The number of carboxylic acid groups (broad SMARTS) is 1. The van der Waals surface area contributed by atoms with E-state index in [0.29, 0.717) is 5.69 Å². The summed E-state index contributed by atoms with van der Waals surface area (Å²) in [6.45, 7) is 8.68. The number of sulfonamides is 1. The average Bonchev–Trinajstić information content (AvgIpc) is 2.59. The molecule has 3 rings (SSSR count). The van der Waals surface area contributed by atoms with Gasteiger partial charge in [0.25, 0.3) is 10.0 Å². The molecule has 0 atom stereocenters. The van der Waals surface area contributed by atoms with Crippen molar-refractivity contribution in [1.82, 2.24) is 0 Å². The normalized spacial score (nSPS) is 17.8. The first kappa shape index (κ1) is 19.4. The summed E-state index contributed by atoms with van der Waals surface area (Å²) in [6.07, 6.45) is 2.06. The van der Waals surface area contributed by atoms with Gasteiger partial charge in [-0.3, -0.25) is 4.72 Å². The van der Waals surface area contributed by atoms with Crippen molar-refractivity contribution < 1.29 is 18.3 Å². The Bertz CT molecular complexity index is 989. The maximum Gasteiger partial charge on any atom is 0.335 e. The van der Waals surface area contributed by atoms with Gasteiger partial charge in [0.05, 0.1) is 10.5 Å². The van der Waals surface area contributed by atoms with E-state index in [1.54, 1.807) is 12.1 Å². The quantitative estimate of drug-likeness (QED) is 0.807. The molecule has 0 amide bonds. The van der Waals surface area contributed by atoms with E-state index in [4.69, 9.17) is 5.11 Å². The summed E-state index contributed by atoms with van der Waals surface area (Å²) in [4.78, 5) is 11.1. The number of rotatable bonds is 4. The lowest BCUT2D eigenvalue weighted by atomic mass is 9.63. The fraction of sp³-hybridized carbons (Fsp3) is 0.381. The monoisotopic (exact) mass is 387 g/mol. The lowest BCUT2D eigenvalue weighted by Gasteiger charge is -2.42. The molecule has 2 N–H and O–H groups in total. The third-order valence-electron chi connectivity index (χ3n) is 5.52. The minimum absolute atomic E-state index is 0.0211. The number of fused-ring (bicyclic) bond motifs is 1. The van der Waals surface area contributed by atoms with Gasteiger partial charge in [0.1, 0.15) is 0 Å². The number of hydrogen-bond acceptors (Lipinski definition) is 3. The van der Waals surface area contributed by atoms with Crippen LogP contribution in [0, 0.1) is 0 Å². The van der Waals surface area contributed by atoms with Gasteiger partial charge < -0.3 is 5.11 Å². The van der Waals surface area contributed by atoms with Crippen LogP contribution in [0.25, 0.3) is 0 Å². The zero-order valence-electron chi connectivity index (χ0n) is 16.0. The minimum atomic E-state index is -3.76. The second-order valence-corrected chi connectivity index (χ2v) is 10.1. The van der Waals surface area contributed by atoms with Crippen LogP contribution in [0.4, 0.5) is 5.69 Å². The fourth-order valence-electron chi connectivity index (χ4n) is 3.63. The molecule has 0 heterocycles. The topological polar surface area (TPSA) is 83.5 Å². The average molecular weight is 388 g/mol. The molecule has 0 spiro atoms. The number of benzene rings is 2. The van der Waals surface area contributed by atoms with Crippen molar-refractivity contribution >= 4 is 21.7 Å². The van der Waals surface area contributed by atoms with Crippen molar-refractivity contribution in [3.8, 4) is 0 Å². The van der Waals surface area contributed by atoms with E-state index in [1.807, 2.05) is 6.07 Å². The highest BCUT2D eigenvalue weighted by molar-refractivity contribution is 7.92. The van der Waals surface area contributed by atoms with E-state index in [1.165, 1.54) is 29.8 Å². The van der Waals surface area contributed by atoms with E-state index < -0.39 is 16.0 Å². The summed E-state index contributed by atoms with van der Waals surface area (Å²) >= 11 is 0. The molecule has 0 aliphatic heterocycles. The van der Waals surface area contributed by atoms with Crippen molar-refractivity contribution in [1.29, 1.82) is 0 Å². The van der Waals surface area contributed by atoms with E-state index in [0.717, 1.165) is 18.4 Å². The van der Waals surface area contributed by atoms with Gasteiger partial charge in [-0.25, -0.2) is 13.2 Å². The predicted molar refractivity (Wildman–Crippen MR) is 106 cm³/mol. The number of carboxylic acids is 1. The van der Waals surface area contributed by atoms with Crippen LogP contribution < -0.4 is 4.72 Å². The summed E-state index contributed by atoms with van der Waals surface area (Å²) in [5.74, 6) is -1.05. The maximum absolute atomic E-state index is 12.9. The highest BCUT2D eigenvalue weighted by Crippen LogP contribution is 2.46. The van der Waals surface area contributed by atoms with Crippen molar-refractivity contribution in [2.24, 2.45) is 0 Å².